The second kappa shape index (κ2) is 3.43. The zero-order valence-electron chi connectivity index (χ0n) is 6.37. The quantitative estimate of drug-likeness (QED) is 0.506. The van der Waals surface area contributed by atoms with Crippen molar-refractivity contribution in [3.05, 3.63) is 0 Å². The van der Waals surface area contributed by atoms with E-state index in [0.29, 0.717) is 0 Å². The van der Waals surface area contributed by atoms with Gasteiger partial charge in [0.25, 0.3) is 0 Å². The van der Waals surface area contributed by atoms with Crippen molar-refractivity contribution < 1.29 is 30.5 Å². The topological polar surface area (TPSA) is 52.6 Å². The van der Waals surface area contributed by atoms with Gasteiger partial charge < -0.3 is 4.74 Å². The molecule has 0 aromatic rings. The van der Waals surface area contributed by atoms with Crippen molar-refractivity contribution in [2.45, 2.75) is 18.0 Å². The molecule has 0 saturated carbocycles. The number of hydrogen-bond acceptors (Lipinski definition) is 4. The standard InChI is InChI=1S/C5H7F3O4S/c6-5(7,8)13(9,10)12-4-1-2-11-3-4/h4H,1-3H2/t4-/m1/s1. The first kappa shape index (κ1) is 10.7. The van der Waals surface area contributed by atoms with Crippen molar-refractivity contribution in [2.75, 3.05) is 13.2 Å². The molecule has 0 radical (unpaired) electrons. The van der Waals surface area contributed by atoms with Gasteiger partial charge in [-0.25, -0.2) is 0 Å². The van der Waals surface area contributed by atoms with Crippen LogP contribution in [-0.2, 0) is 19.0 Å². The largest absolute Gasteiger partial charge is 0.523 e. The first-order valence-electron chi connectivity index (χ1n) is 3.40. The van der Waals surface area contributed by atoms with Gasteiger partial charge in [0.2, 0.25) is 0 Å². The van der Waals surface area contributed by atoms with Gasteiger partial charge in [0.15, 0.2) is 0 Å². The maximum Gasteiger partial charge on any atom is 0.523 e. The van der Waals surface area contributed by atoms with E-state index in [1.165, 1.54) is 0 Å². The lowest BCUT2D eigenvalue weighted by molar-refractivity contribution is -0.0574. The summed E-state index contributed by atoms with van der Waals surface area (Å²) in [4.78, 5) is 0. The molecule has 0 bridgehead atoms. The molecule has 1 aliphatic heterocycles. The van der Waals surface area contributed by atoms with Gasteiger partial charge in [0, 0.05) is 13.0 Å². The van der Waals surface area contributed by atoms with E-state index in [1.807, 2.05) is 0 Å². The zero-order valence-corrected chi connectivity index (χ0v) is 7.19. The third-order valence-electron chi connectivity index (χ3n) is 1.43. The summed E-state index contributed by atoms with van der Waals surface area (Å²) in [7, 11) is -5.46. The van der Waals surface area contributed by atoms with Crippen molar-refractivity contribution in [3.63, 3.8) is 0 Å². The Balaban J connectivity index is 2.62. The van der Waals surface area contributed by atoms with E-state index in [9.17, 15) is 21.6 Å². The van der Waals surface area contributed by atoms with Crippen LogP contribution in [0.3, 0.4) is 0 Å². The van der Waals surface area contributed by atoms with Crippen molar-refractivity contribution >= 4 is 10.1 Å². The predicted octanol–water partition coefficient (Wildman–Crippen LogP) is 0.642. The van der Waals surface area contributed by atoms with Crippen LogP contribution in [0.4, 0.5) is 13.2 Å². The first-order chi connectivity index (χ1) is 5.83. The molecule has 1 atom stereocenters. The molecular weight excluding hydrogens is 213 g/mol. The Morgan fingerprint density at radius 1 is 1.38 bits per heavy atom. The lowest BCUT2D eigenvalue weighted by Gasteiger charge is -2.11. The van der Waals surface area contributed by atoms with Crippen LogP contribution in [0.25, 0.3) is 0 Å². The minimum atomic E-state index is -5.46. The highest BCUT2D eigenvalue weighted by Crippen LogP contribution is 2.27. The summed E-state index contributed by atoms with van der Waals surface area (Å²) in [5.74, 6) is 0. The Morgan fingerprint density at radius 2 is 2.00 bits per heavy atom. The fraction of sp³-hybridized carbons (Fsp3) is 1.00. The fourth-order valence-electron chi connectivity index (χ4n) is 0.822. The highest BCUT2D eigenvalue weighted by molar-refractivity contribution is 7.87. The second-order valence-electron chi connectivity index (χ2n) is 2.48. The molecular formula is C5H7F3O4S. The summed E-state index contributed by atoms with van der Waals surface area (Å²) in [5.41, 5.74) is -5.35. The number of rotatable bonds is 2. The van der Waals surface area contributed by atoms with Gasteiger partial charge in [0.1, 0.15) is 6.10 Å². The van der Waals surface area contributed by atoms with Crippen LogP contribution in [-0.4, -0.2) is 33.2 Å². The van der Waals surface area contributed by atoms with Crippen LogP contribution < -0.4 is 0 Å². The molecule has 1 saturated heterocycles. The summed E-state index contributed by atoms with van der Waals surface area (Å²) in [6.07, 6.45) is -0.846. The van der Waals surface area contributed by atoms with E-state index in [-0.39, 0.29) is 19.6 Å². The van der Waals surface area contributed by atoms with Gasteiger partial charge in [-0.2, -0.15) is 21.6 Å². The summed E-state index contributed by atoms with van der Waals surface area (Å²) < 4.78 is 64.6. The van der Waals surface area contributed by atoms with Crippen LogP contribution in [0.1, 0.15) is 6.42 Å². The van der Waals surface area contributed by atoms with E-state index in [4.69, 9.17) is 0 Å². The van der Waals surface area contributed by atoms with Crippen molar-refractivity contribution in [1.82, 2.24) is 0 Å². The van der Waals surface area contributed by atoms with Crippen LogP contribution in [0, 0.1) is 0 Å². The van der Waals surface area contributed by atoms with E-state index < -0.39 is 21.7 Å². The SMILES string of the molecule is O=S(=O)(O[C@@H]1CCOC1)C(F)(F)F. The summed E-state index contributed by atoms with van der Waals surface area (Å²) in [5, 5.41) is 0. The molecule has 13 heavy (non-hydrogen) atoms. The van der Waals surface area contributed by atoms with Crippen LogP contribution in [0.15, 0.2) is 0 Å². The minimum Gasteiger partial charge on any atom is -0.379 e. The number of hydrogen-bond donors (Lipinski definition) is 0. The fourth-order valence-corrected chi connectivity index (χ4v) is 1.44. The molecule has 0 spiro atoms. The Hall–Kier alpha value is -0.340. The third kappa shape index (κ3) is 2.55. The van der Waals surface area contributed by atoms with Gasteiger partial charge in [-0.1, -0.05) is 0 Å². The van der Waals surface area contributed by atoms with Crippen LogP contribution >= 0.6 is 0 Å². The van der Waals surface area contributed by atoms with Gasteiger partial charge in [-0.3, -0.25) is 4.18 Å². The number of alkyl halides is 3. The van der Waals surface area contributed by atoms with Crippen LogP contribution in [0.5, 0.6) is 0 Å². The maximum absolute atomic E-state index is 11.7. The molecule has 1 heterocycles. The first-order valence-corrected chi connectivity index (χ1v) is 4.81. The molecule has 0 aromatic carbocycles. The Kier molecular flexibility index (Phi) is 2.83. The highest BCUT2D eigenvalue weighted by atomic mass is 32.2. The Bertz CT molecular complexity index is 264. The van der Waals surface area contributed by atoms with E-state index in [2.05, 4.69) is 8.92 Å². The Labute approximate surface area is 72.8 Å². The molecule has 0 aliphatic carbocycles. The van der Waals surface area contributed by atoms with E-state index >= 15 is 0 Å². The molecule has 4 nitrogen and oxygen atoms in total. The second-order valence-corrected chi connectivity index (χ2v) is 4.05. The molecule has 1 rings (SSSR count). The van der Waals surface area contributed by atoms with Crippen molar-refractivity contribution in [1.29, 1.82) is 0 Å². The maximum atomic E-state index is 11.7. The summed E-state index contributed by atoms with van der Waals surface area (Å²) in [6.45, 7) is 0.105. The van der Waals surface area contributed by atoms with Crippen molar-refractivity contribution in [2.24, 2.45) is 0 Å². The minimum absolute atomic E-state index is 0.116. The van der Waals surface area contributed by atoms with Crippen LogP contribution in [0.2, 0.25) is 0 Å². The van der Waals surface area contributed by atoms with Gasteiger partial charge >= 0.3 is 15.6 Å². The van der Waals surface area contributed by atoms with E-state index in [1.54, 1.807) is 0 Å². The molecule has 1 fully saturated rings. The molecule has 0 amide bonds. The summed E-state index contributed by atoms with van der Waals surface area (Å²) >= 11 is 0. The zero-order chi connectivity index (χ0) is 10.1. The molecule has 0 unspecified atom stereocenters. The van der Waals surface area contributed by atoms with Gasteiger partial charge in [0.05, 0.1) is 6.61 Å². The molecule has 0 N–H and O–H groups in total. The number of ether oxygens (including phenoxy) is 1. The van der Waals surface area contributed by atoms with Crippen molar-refractivity contribution in [3.8, 4) is 0 Å². The monoisotopic (exact) mass is 220 g/mol. The smallest absolute Gasteiger partial charge is 0.379 e. The average molecular weight is 220 g/mol. The Morgan fingerprint density at radius 3 is 2.38 bits per heavy atom. The summed E-state index contributed by atoms with van der Waals surface area (Å²) in [6, 6.07) is 0. The highest BCUT2D eigenvalue weighted by Gasteiger charge is 2.48. The molecule has 0 aromatic heterocycles. The van der Waals surface area contributed by atoms with Gasteiger partial charge in [-0.05, 0) is 0 Å². The average Bonchev–Trinajstić information content (AvgIpc) is 2.35. The molecule has 78 valence electrons. The number of halogens is 3. The predicted molar refractivity (Wildman–Crippen MR) is 35.3 cm³/mol. The molecule has 8 heteroatoms. The lowest BCUT2D eigenvalue weighted by atomic mass is 10.3. The lowest BCUT2D eigenvalue weighted by Crippen LogP contribution is -2.30. The van der Waals surface area contributed by atoms with Gasteiger partial charge in [-0.15, -0.1) is 0 Å². The third-order valence-corrected chi connectivity index (χ3v) is 2.53. The normalized spacial score (nSPS) is 25.0. The van der Waals surface area contributed by atoms with E-state index in [0.717, 1.165) is 0 Å². The molecule has 1 aliphatic rings.